The van der Waals surface area contributed by atoms with Crippen LogP contribution in [0.2, 0.25) is 0 Å². The Morgan fingerprint density at radius 1 is 1.44 bits per heavy atom. The van der Waals surface area contributed by atoms with Crippen molar-refractivity contribution in [2.75, 3.05) is 11.9 Å². The third-order valence-electron chi connectivity index (χ3n) is 2.27. The Labute approximate surface area is 95.8 Å². The molecular weight excluding hydrogens is 202 g/mol. The number of hydrogen-bond acceptors (Lipinski definition) is 4. The fourth-order valence-corrected chi connectivity index (χ4v) is 1.60. The fourth-order valence-electron chi connectivity index (χ4n) is 1.60. The minimum Gasteiger partial charge on any atom is -0.473 e. The van der Waals surface area contributed by atoms with E-state index < -0.39 is 0 Å². The van der Waals surface area contributed by atoms with Gasteiger partial charge in [0.1, 0.15) is 11.5 Å². The first kappa shape index (κ1) is 10.9. The Morgan fingerprint density at radius 2 is 2.31 bits per heavy atom. The topological polar surface area (TPSA) is 46.5 Å². The van der Waals surface area contributed by atoms with Gasteiger partial charge in [-0.3, -0.25) is 4.99 Å². The molecule has 0 amide bonds. The molecule has 1 N–H and O–H groups in total. The highest BCUT2D eigenvalue weighted by molar-refractivity contribution is 5.97. The molecule has 0 aromatic carbocycles. The van der Waals surface area contributed by atoms with Gasteiger partial charge in [0.15, 0.2) is 0 Å². The van der Waals surface area contributed by atoms with Gasteiger partial charge in [-0.25, -0.2) is 4.98 Å². The van der Waals surface area contributed by atoms with Crippen molar-refractivity contribution in [2.24, 2.45) is 4.99 Å². The monoisotopic (exact) mass is 219 g/mol. The summed E-state index contributed by atoms with van der Waals surface area (Å²) in [4.78, 5) is 8.59. The standard InChI is InChI=1S/C12H17N3O/c1-9(2)16-12-10(5-3-8-14-12)15-11-6-4-7-13-11/h3,5,8-9H,4,6-7H2,1-2H3,(H,13,15). The van der Waals surface area contributed by atoms with Gasteiger partial charge in [0.2, 0.25) is 5.88 Å². The van der Waals surface area contributed by atoms with Crippen molar-refractivity contribution in [3.05, 3.63) is 18.3 Å². The molecule has 4 heteroatoms. The van der Waals surface area contributed by atoms with Gasteiger partial charge < -0.3 is 10.1 Å². The third kappa shape index (κ3) is 2.72. The zero-order valence-electron chi connectivity index (χ0n) is 9.73. The van der Waals surface area contributed by atoms with Crippen LogP contribution in [-0.2, 0) is 0 Å². The molecule has 0 saturated heterocycles. The number of rotatable bonds is 3. The van der Waals surface area contributed by atoms with E-state index in [0.29, 0.717) is 5.88 Å². The van der Waals surface area contributed by atoms with E-state index in [9.17, 15) is 0 Å². The van der Waals surface area contributed by atoms with Crippen molar-refractivity contribution < 1.29 is 4.74 Å². The molecule has 0 bridgehead atoms. The molecule has 2 heterocycles. The molecule has 0 fully saturated rings. The Morgan fingerprint density at radius 3 is 3.00 bits per heavy atom. The molecule has 0 atom stereocenters. The fraction of sp³-hybridized carbons (Fsp3) is 0.500. The maximum absolute atomic E-state index is 5.63. The van der Waals surface area contributed by atoms with Crippen LogP contribution in [-0.4, -0.2) is 23.5 Å². The van der Waals surface area contributed by atoms with Crippen molar-refractivity contribution in [3.8, 4) is 5.88 Å². The second kappa shape index (κ2) is 4.96. The van der Waals surface area contributed by atoms with Crippen LogP contribution >= 0.6 is 0 Å². The molecule has 0 aliphatic carbocycles. The number of nitrogens with one attached hydrogen (secondary N) is 1. The summed E-state index contributed by atoms with van der Waals surface area (Å²) in [5.41, 5.74) is 0.900. The molecule has 16 heavy (non-hydrogen) atoms. The molecule has 1 aliphatic heterocycles. The summed E-state index contributed by atoms with van der Waals surface area (Å²) in [5.74, 6) is 1.67. The minimum atomic E-state index is 0.126. The molecule has 0 radical (unpaired) electrons. The smallest absolute Gasteiger partial charge is 0.237 e. The molecule has 1 aromatic heterocycles. The largest absolute Gasteiger partial charge is 0.473 e. The van der Waals surface area contributed by atoms with E-state index in [1.54, 1.807) is 6.20 Å². The predicted molar refractivity (Wildman–Crippen MR) is 65.2 cm³/mol. The lowest BCUT2D eigenvalue weighted by atomic mass is 10.3. The first-order chi connectivity index (χ1) is 7.75. The average Bonchev–Trinajstić information content (AvgIpc) is 2.73. The van der Waals surface area contributed by atoms with Crippen LogP contribution in [0.5, 0.6) is 5.88 Å². The van der Waals surface area contributed by atoms with Gasteiger partial charge in [0.25, 0.3) is 0 Å². The maximum atomic E-state index is 5.63. The van der Waals surface area contributed by atoms with Gasteiger partial charge in [-0.05, 0) is 32.4 Å². The molecular formula is C12H17N3O. The summed E-state index contributed by atoms with van der Waals surface area (Å²) in [6.07, 6.45) is 4.00. The van der Waals surface area contributed by atoms with E-state index in [-0.39, 0.29) is 6.10 Å². The molecule has 86 valence electrons. The van der Waals surface area contributed by atoms with E-state index in [1.807, 2.05) is 26.0 Å². The summed E-state index contributed by atoms with van der Waals surface area (Å²) >= 11 is 0. The molecule has 1 aliphatic rings. The molecule has 0 spiro atoms. The van der Waals surface area contributed by atoms with E-state index in [4.69, 9.17) is 4.74 Å². The highest BCUT2D eigenvalue weighted by Crippen LogP contribution is 2.22. The average molecular weight is 219 g/mol. The third-order valence-corrected chi connectivity index (χ3v) is 2.27. The molecule has 1 aromatic rings. The van der Waals surface area contributed by atoms with Crippen LogP contribution in [0.15, 0.2) is 23.3 Å². The number of aliphatic imine (C=N–C) groups is 1. The SMILES string of the molecule is CC(C)Oc1ncccc1NC1=NCCC1. The van der Waals surface area contributed by atoms with Crippen LogP contribution < -0.4 is 10.1 Å². The van der Waals surface area contributed by atoms with Gasteiger partial charge in [-0.15, -0.1) is 0 Å². The second-order valence-electron chi connectivity index (χ2n) is 4.08. The van der Waals surface area contributed by atoms with E-state index in [1.165, 1.54) is 0 Å². The van der Waals surface area contributed by atoms with Gasteiger partial charge in [-0.1, -0.05) is 0 Å². The number of amidine groups is 1. The van der Waals surface area contributed by atoms with E-state index in [2.05, 4.69) is 15.3 Å². The highest BCUT2D eigenvalue weighted by atomic mass is 16.5. The van der Waals surface area contributed by atoms with E-state index >= 15 is 0 Å². The number of pyridine rings is 1. The second-order valence-corrected chi connectivity index (χ2v) is 4.08. The van der Waals surface area contributed by atoms with Crippen LogP contribution in [0.3, 0.4) is 0 Å². The van der Waals surface area contributed by atoms with Gasteiger partial charge in [0, 0.05) is 19.2 Å². The van der Waals surface area contributed by atoms with Crippen molar-refractivity contribution in [1.82, 2.24) is 4.98 Å². The number of ether oxygens (including phenoxy) is 1. The van der Waals surface area contributed by atoms with Crippen molar-refractivity contribution in [2.45, 2.75) is 32.8 Å². The van der Waals surface area contributed by atoms with Gasteiger partial charge >= 0.3 is 0 Å². The number of nitrogens with zero attached hydrogens (tertiary/aromatic N) is 2. The summed E-state index contributed by atoms with van der Waals surface area (Å²) in [6.45, 7) is 4.90. The summed E-state index contributed by atoms with van der Waals surface area (Å²) in [6, 6.07) is 3.86. The molecule has 0 unspecified atom stereocenters. The zero-order chi connectivity index (χ0) is 11.4. The lowest BCUT2D eigenvalue weighted by molar-refractivity contribution is 0.234. The van der Waals surface area contributed by atoms with Crippen molar-refractivity contribution in [1.29, 1.82) is 0 Å². The summed E-state index contributed by atoms with van der Waals surface area (Å²) in [7, 11) is 0. The maximum Gasteiger partial charge on any atom is 0.237 e. The summed E-state index contributed by atoms with van der Waals surface area (Å²) in [5, 5.41) is 3.28. The van der Waals surface area contributed by atoms with Crippen LogP contribution in [0.1, 0.15) is 26.7 Å². The van der Waals surface area contributed by atoms with Crippen LogP contribution in [0.4, 0.5) is 5.69 Å². The van der Waals surface area contributed by atoms with Crippen molar-refractivity contribution in [3.63, 3.8) is 0 Å². The normalized spacial score (nSPS) is 15.1. The highest BCUT2D eigenvalue weighted by Gasteiger charge is 2.11. The number of aromatic nitrogens is 1. The van der Waals surface area contributed by atoms with Crippen LogP contribution in [0.25, 0.3) is 0 Å². The Kier molecular flexibility index (Phi) is 3.39. The Hall–Kier alpha value is -1.58. The quantitative estimate of drug-likeness (QED) is 0.849. The predicted octanol–water partition coefficient (Wildman–Crippen LogP) is 2.47. The first-order valence-corrected chi connectivity index (χ1v) is 5.68. The zero-order valence-corrected chi connectivity index (χ0v) is 9.73. The Bertz CT molecular complexity index is 388. The lowest BCUT2D eigenvalue weighted by Crippen LogP contribution is -2.13. The van der Waals surface area contributed by atoms with Crippen molar-refractivity contribution >= 4 is 11.5 Å². The molecule has 4 nitrogen and oxygen atoms in total. The number of anilines is 1. The summed E-state index contributed by atoms with van der Waals surface area (Å²) < 4.78 is 5.63. The first-order valence-electron chi connectivity index (χ1n) is 5.68. The lowest BCUT2D eigenvalue weighted by Gasteiger charge is -2.13. The molecule has 0 saturated carbocycles. The Balaban J connectivity index is 2.12. The van der Waals surface area contributed by atoms with Crippen LogP contribution in [0, 0.1) is 0 Å². The van der Waals surface area contributed by atoms with Gasteiger partial charge in [0.05, 0.1) is 6.10 Å². The van der Waals surface area contributed by atoms with E-state index in [0.717, 1.165) is 30.9 Å². The van der Waals surface area contributed by atoms with Gasteiger partial charge in [-0.2, -0.15) is 0 Å². The minimum absolute atomic E-state index is 0.126. The molecule has 2 rings (SSSR count). The number of hydrogen-bond donors (Lipinski definition) is 1.